The van der Waals surface area contributed by atoms with Crippen LogP contribution in [0.2, 0.25) is 0 Å². The van der Waals surface area contributed by atoms with Crippen molar-refractivity contribution in [2.75, 3.05) is 7.11 Å². The molecule has 9 heteroatoms. The van der Waals surface area contributed by atoms with Crippen LogP contribution in [0.1, 0.15) is 48.9 Å². The maximum atomic E-state index is 13.2. The quantitative estimate of drug-likeness (QED) is 0.401. The maximum absolute atomic E-state index is 13.2. The molecule has 2 unspecified atom stereocenters. The molecule has 1 aromatic heterocycles. The molecule has 1 heterocycles. The number of hydrogen-bond acceptors (Lipinski definition) is 5. The van der Waals surface area contributed by atoms with E-state index < -0.39 is 23.2 Å². The minimum atomic E-state index is -4.52. The Morgan fingerprint density at radius 3 is 2.38 bits per heavy atom. The zero-order chi connectivity index (χ0) is 27.2. The third kappa shape index (κ3) is 7.23. The molecule has 0 aliphatic heterocycles. The Labute approximate surface area is 214 Å². The number of alkyl halides is 3. The van der Waals surface area contributed by atoms with Gasteiger partial charge in [0.1, 0.15) is 5.75 Å². The number of hydrogen-bond donors (Lipinski definition) is 1. The number of benzene rings is 2. The summed E-state index contributed by atoms with van der Waals surface area (Å²) in [7, 11) is 1.59. The Balaban J connectivity index is 1.79. The second-order valence-electron chi connectivity index (χ2n) is 9.15. The molecule has 2 aromatic carbocycles. The average Bonchev–Trinajstić information content (AvgIpc) is 2.87. The van der Waals surface area contributed by atoms with Crippen LogP contribution in [-0.4, -0.2) is 29.6 Å². The van der Waals surface area contributed by atoms with Crippen LogP contribution in [0.15, 0.2) is 66.9 Å². The Kier molecular flexibility index (Phi) is 8.43. The van der Waals surface area contributed by atoms with Crippen LogP contribution in [-0.2, 0) is 17.4 Å². The van der Waals surface area contributed by atoms with Crippen molar-refractivity contribution in [1.82, 2.24) is 10.3 Å². The van der Waals surface area contributed by atoms with Crippen LogP contribution in [0.25, 0.3) is 0 Å². The summed E-state index contributed by atoms with van der Waals surface area (Å²) in [6.45, 7) is 4.89. The molecule has 0 radical (unpaired) electrons. The fourth-order valence-corrected chi connectivity index (χ4v) is 3.84. The van der Waals surface area contributed by atoms with Crippen molar-refractivity contribution in [3.63, 3.8) is 0 Å². The Morgan fingerprint density at radius 2 is 1.81 bits per heavy atom. The first-order valence-electron chi connectivity index (χ1n) is 11.6. The number of pyridine rings is 1. The topological polar surface area (TPSA) is 84.2 Å². The number of halogens is 3. The summed E-state index contributed by atoms with van der Waals surface area (Å²) < 4.78 is 49.3. The van der Waals surface area contributed by atoms with Gasteiger partial charge < -0.3 is 14.8 Å². The average molecular weight is 511 g/mol. The first-order valence-corrected chi connectivity index (χ1v) is 11.6. The van der Waals surface area contributed by atoms with Crippen molar-refractivity contribution in [3.8, 4) is 17.7 Å². The summed E-state index contributed by atoms with van der Waals surface area (Å²) in [5.74, 6) is -0.0234. The van der Waals surface area contributed by atoms with Crippen molar-refractivity contribution in [2.24, 2.45) is 0 Å². The predicted octanol–water partition coefficient (Wildman–Crippen LogP) is 5.67. The third-order valence-corrected chi connectivity index (χ3v) is 5.99. The third-order valence-electron chi connectivity index (χ3n) is 5.99. The lowest BCUT2D eigenvalue weighted by molar-refractivity contribution is -0.138. The highest BCUT2D eigenvalue weighted by Crippen LogP contribution is 2.30. The van der Waals surface area contributed by atoms with Gasteiger partial charge in [0.25, 0.3) is 5.91 Å². The van der Waals surface area contributed by atoms with Gasteiger partial charge in [-0.25, -0.2) is 4.98 Å². The molecule has 0 saturated carbocycles. The van der Waals surface area contributed by atoms with E-state index in [-0.39, 0.29) is 17.8 Å². The van der Waals surface area contributed by atoms with E-state index in [2.05, 4.69) is 16.4 Å². The van der Waals surface area contributed by atoms with Gasteiger partial charge in [-0.3, -0.25) is 4.79 Å². The fraction of sp³-hybridized carbons (Fsp3) is 0.321. The monoisotopic (exact) mass is 510 g/mol. The van der Waals surface area contributed by atoms with E-state index >= 15 is 0 Å². The van der Waals surface area contributed by atoms with Crippen molar-refractivity contribution in [2.45, 2.75) is 50.9 Å². The molecule has 0 spiro atoms. The number of ether oxygens (including phenoxy) is 2. The van der Waals surface area contributed by atoms with Crippen LogP contribution in [0, 0.1) is 11.3 Å². The molecule has 2 atom stereocenters. The second-order valence-corrected chi connectivity index (χ2v) is 9.15. The van der Waals surface area contributed by atoms with Crippen LogP contribution in [0.4, 0.5) is 13.2 Å². The van der Waals surface area contributed by atoms with Gasteiger partial charge in [-0.2, -0.15) is 18.4 Å². The summed E-state index contributed by atoms with van der Waals surface area (Å²) in [5, 5.41) is 12.3. The molecular weight excluding hydrogens is 482 g/mol. The number of amides is 1. The molecule has 6 nitrogen and oxygen atoms in total. The second kappa shape index (κ2) is 11.3. The minimum Gasteiger partial charge on any atom is -0.497 e. The van der Waals surface area contributed by atoms with E-state index in [1.165, 1.54) is 13.8 Å². The van der Waals surface area contributed by atoms with E-state index in [0.717, 1.165) is 29.0 Å². The molecule has 0 aliphatic rings. The molecule has 3 aromatic rings. The lowest BCUT2D eigenvalue weighted by atomic mass is 9.85. The largest absolute Gasteiger partial charge is 0.497 e. The predicted molar refractivity (Wildman–Crippen MR) is 132 cm³/mol. The summed E-state index contributed by atoms with van der Waals surface area (Å²) in [6, 6.07) is 18.5. The van der Waals surface area contributed by atoms with Crippen molar-refractivity contribution >= 4 is 5.91 Å². The smallest absolute Gasteiger partial charge is 0.417 e. The van der Waals surface area contributed by atoms with E-state index in [9.17, 15) is 23.2 Å². The minimum absolute atomic E-state index is 0.0997. The van der Waals surface area contributed by atoms with Crippen LogP contribution in [0.3, 0.4) is 0 Å². The number of nitrogens with one attached hydrogen (secondary N) is 1. The molecular formula is C28H28F3N3O3. The van der Waals surface area contributed by atoms with Gasteiger partial charge in [0.2, 0.25) is 5.88 Å². The Morgan fingerprint density at radius 1 is 1.11 bits per heavy atom. The summed E-state index contributed by atoms with van der Waals surface area (Å²) in [6.07, 6.45) is -3.28. The van der Waals surface area contributed by atoms with Crippen LogP contribution >= 0.6 is 0 Å². The van der Waals surface area contributed by atoms with Gasteiger partial charge in [0.05, 0.1) is 24.3 Å². The summed E-state index contributed by atoms with van der Waals surface area (Å²) >= 11 is 0. The number of methoxy groups -OCH3 is 1. The number of nitriles is 1. The number of carbonyl (C=O) groups is 1. The van der Waals surface area contributed by atoms with Crippen LogP contribution < -0.4 is 14.8 Å². The van der Waals surface area contributed by atoms with Crippen LogP contribution in [0.5, 0.6) is 11.6 Å². The molecule has 3 rings (SSSR count). The molecule has 0 aliphatic carbocycles. The normalized spacial score (nSPS) is 13.2. The van der Waals surface area contributed by atoms with E-state index in [1.54, 1.807) is 25.3 Å². The highest BCUT2D eigenvalue weighted by atomic mass is 19.4. The summed E-state index contributed by atoms with van der Waals surface area (Å²) in [4.78, 5) is 16.9. The number of rotatable bonds is 9. The lowest BCUT2D eigenvalue weighted by Crippen LogP contribution is -2.51. The number of carbonyl (C=O) groups excluding carboxylic acids is 1. The van der Waals surface area contributed by atoms with Crippen molar-refractivity contribution in [1.29, 1.82) is 5.26 Å². The molecule has 37 heavy (non-hydrogen) atoms. The van der Waals surface area contributed by atoms with Gasteiger partial charge in [0, 0.05) is 24.2 Å². The Bertz CT molecular complexity index is 1250. The van der Waals surface area contributed by atoms with Gasteiger partial charge in [-0.1, -0.05) is 24.3 Å². The van der Waals surface area contributed by atoms with Crippen molar-refractivity contribution in [3.05, 3.63) is 89.1 Å². The Hall–Kier alpha value is -4.06. The van der Waals surface area contributed by atoms with Gasteiger partial charge >= 0.3 is 6.18 Å². The van der Waals surface area contributed by atoms with Gasteiger partial charge in [0.15, 0.2) is 5.60 Å². The van der Waals surface area contributed by atoms with Crippen molar-refractivity contribution < 1.29 is 27.4 Å². The molecule has 0 fully saturated rings. The lowest BCUT2D eigenvalue weighted by Gasteiger charge is -2.30. The molecule has 194 valence electrons. The zero-order valence-corrected chi connectivity index (χ0v) is 21.0. The highest BCUT2D eigenvalue weighted by Gasteiger charge is 2.34. The SMILES string of the molecule is CC(NC(=O)C(C)(C)Oc1ccc(C(F)(F)F)cn1)C(Cc1ccc(O[11CH3])cc1)c1cccc(C#N)c1. The summed E-state index contributed by atoms with van der Waals surface area (Å²) in [5.41, 5.74) is 0.0780. The van der Waals surface area contributed by atoms with E-state index in [1.807, 2.05) is 37.3 Å². The zero-order valence-electron chi connectivity index (χ0n) is 21.0. The van der Waals surface area contributed by atoms with E-state index in [0.29, 0.717) is 18.2 Å². The standard InChI is InChI=1S/C28H28F3N3O3/c1-18(34-26(35)27(2,3)37-25-13-10-22(17-33-25)28(29,30)31)24(21-7-5-6-20(14-21)16-32)15-19-8-11-23(36-4)12-9-19/h5-14,17-18,24H,15H2,1-4H3,(H,34,35)/i4-1. The maximum Gasteiger partial charge on any atom is 0.417 e. The first kappa shape index (κ1) is 27.5. The molecule has 1 N–H and O–H groups in total. The van der Waals surface area contributed by atoms with E-state index in [4.69, 9.17) is 9.47 Å². The molecule has 0 saturated heterocycles. The molecule has 0 bridgehead atoms. The highest BCUT2D eigenvalue weighted by molar-refractivity contribution is 5.85. The first-order chi connectivity index (χ1) is 17.4. The number of aromatic nitrogens is 1. The fourth-order valence-electron chi connectivity index (χ4n) is 3.84. The number of nitrogens with zero attached hydrogens (tertiary/aromatic N) is 2. The molecule has 1 amide bonds. The van der Waals surface area contributed by atoms with Gasteiger partial charge in [-0.05, 0) is 68.7 Å². The van der Waals surface area contributed by atoms with Gasteiger partial charge in [-0.15, -0.1) is 0 Å².